The second-order valence-electron chi connectivity index (χ2n) is 5.78. The van der Waals surface area contributed by atoms with E-state index in [2.05, 4.69) is 32.3 Å². The van der Waals surface area contributed by atoms with E-state index in [0.29, 0.717) is 5.69 Å². The molecule has 0 aliphatic carbocycles. The van der Waals surface area contributed by atoms with E-state index in [1.807, 2.05) is 18.2 Å². The molecule has 120 valence electrons. The Labute approximate surface area is 136 Å². The number of carbonyl (C=O) groups is 1. The highest BCUT2D eigenvalue weighted by atomic mass is 16.2. The molecular formula is C17H21N5O. The first-order valence-corrected chi connectivity index (χ1v) is 7.73. The Bertz CT molecular complexity index is 656. The standard InChI is InChI=1S/C17H21N5O/c1-21(2)17(23)14-10-20-16(12-19-14)22-9-8-18-11-15(22)13-6-4-3-5-7-13/h3-7,10,12,15,18H,8-9,11H2,1-2H3. The summed E-state index contributed by atoms with van der Waals surface area (Å²) in [7, 11) is 3.42. The minimum absolute atomic E-state index is 0.135. The molecule has 1 unspecified atom stereocenters. The number of nitrogens with one attached hydrogen (secondary N) is 1. The minimum Gasteiger partial charge on any atom is -0.346 e. The van der Waals surface area contributed by atoms with Crippen molar-refractivity contribution in [2.45, 2.75) is 6.04 Å². The molecule has 1 fully saturated rings. The summed E-state index contributed by atoms with van der Waals surface area (Å²) in [6.07, 6.45) is 3.25. The van der Waals surface area contributed by atoms with Crippen LogP contribution in [0.4, 0.5) is 5.82 Å². The fraction of sp³-hybridized carbons (Fsp3) is 0.353. The van der Waals surface area contributed by atoms with Crippen molar-refractivity contribution in [3.05, 3.63) is 54.0 Å². The summed E-state index contributed by atoms with van der Waals surface area (Å²) >= 11 is 0. The van der Waals surface area contributed by atoms with Gasteiger partial charge in [0.25, 0.3) is 5.91 Å². The summed E-state index contributed by atoms with van der Waals surface area (Å²) in [5, 5.41) is 3.43. The van der Waals surface area contributed by atoms with Gasteiger partial charge in [-0.1, -0.05) is 30.3 Å². The van der Waals surface area contributed by atoms with Crippen LogP contribution in [0.2, 0.25) is 0 Å². The molecule has 23 heavy (non-hydrogen) atoms. The van der Waals surface area contributed by atoms with Gasteiger partial charge < -0.3 is 15.1 Å². The number of anilines is 1. The Balaban J connectivity index is 1.85. The van der Waals surface area contributed by atoms with Gasteiger partial charge in [-0.2, -0.15) is 0 Å². The first-order chi connectivity index (χ1) is 11.2. The van der Waals surface area contributed by atoms with E-state index in [1.165, 1.54) is 10.5 Å². The highest BCUT2D eigenvalue weighted by molar-refractivity contribution is 5.91. The van der Waals surface area contributed by atoms with Crippen molar-refractivity contribution < 1.29 is 4.79 Å². The summed E-state index contributed by atoms with van der Waals surface area (Å²) in [4.78, 5) is 24.4. The zero-order valence-corrected chi connectivity index (χ0v) is 13.4. The van der Waals surface area contributed by atoms with Gasteiger partial charge in [0.2, 0.25) is 0 Å². The summed E-state index contributed by atoms with van der Waals surface area (Å²) < 4.78 is 0. The van der Waals surface area contributed by atoms with Gasteiger partial charge in [-0.15, -0.1) is 0 Å². The maximum atomic E-state index is 11.9. The Kier molecular flexibility index (Phi) is 4.52. The fourth-order valence-corrected chi connectivity index (χ4v) is 2.76. The van der Waals surface area contributed by atoms with Crippen LogP contribution in [0.25, 0.3) is 0 Å². The maximum absolute atomic E-state index is 11.9. The van der Waals surface area contributed by atoms with Crippen molar-refractivity contribution in [1.82, 2.24) is 20.2 Å². The second-order valence-corrected chi connectivity index (χ2v) is 5.78. The molecule has 0 saturated carbocycles. The quantitative estimate of drug-likeness (QED) is 0.926. The lowest BCUT2D eigenvalue weighted by molar-refractivity contribution is 0.0821. The fourth-order valence-electron chi connectivity index (χ4n) is 2.76. The average Bonchev–Trinajstić information content (AvgIpc) is 2.62. The normalized spacial score (nSPS) is 17.8. The van der Waals surface area contributed by atoms with Crippen molar-refractivity contribution >= 4 is 11.7 Å². The van der Waals surface area contributed by atoms with Gasteiger partial charge in [-0.05, 0) is 5.56 Å². The Morgan fingerprint density at radius 2 is 2.00 bits per heavy atom. The number of rotatable bonds is 3. The van der Waals surface area contributed by atoms with Crippen LogP contribution in [-0.2, 0) is 0 Å². The van der Waals surface area contributed by atoms with Crippen LogP contribution in [0.5, 0.6) is 0 Å². The molecular weight excluding hydrogens is 290 g/mol. The first-order valence-electron chi connectivity index (χ1n) is 7.73. The molecule has 1 aromatic carbocycles. The van der Waals surface area contributed by atoms with E-state index in [0.717, 1.165) is 25.5 Å². The molecule has 6 heteroatoms. The molecule has 0 radical (unpaired) electrons. The number of benzene rings is 1. The van der Waals surface area contributed by atoms with E-state index < -0.39 is 0 Å². The topological polar surface area (TPSA) is 61.4 Å². The number of nitrogens with zero attached hydrogens (tertiary/aromatic N) is 4. The van der Waals surface area contributed by atoms with E-state index in [-0.39, 0.29) is 11.9 Å². The highest BCUT2D eigenvalue weighted by Gasteiger charge is 2.25. The number of carbonyl (C=O) groups excluding carboxylic acids is 1. The SMILES string of the molecule is CN(C)C(=O)c1cnc(N2CCNCC2c2ccccc2)cn1. The summed E-state index contributed by atoms with van der Waals surface area (Å²) in [5.41, 5.74) is 1.61. The van der Waals surface area contributed by atoms with E-state index in [9.17, 15) is 4.79 Å². The molecule has 6 nitrogen and oxygen atoms in total. The molecule has 1 N–H and O–H groups in total. The van der Waals surface area contributed by atoms with E-state index in [4.69, 9.17) is 0 Å². The molecule has 0 bridgehead atoms. The van der Waals surface area contributed by atoms with Crippen molar-refractivity contribution in [3.63, 3.8) is 0 Å². The molecule has 0 spiro atoms. The van der Waals surface area contributed by atoms with Crippen LogP contribution >= 0.6 is 0 Å². The third-order valence-corrected chi connectivity index (χ3v) is 3.99. The molecule has 1 amide bonds. The van der Waals surface area contributed by atoms with Crippen LogP contribution in [-0.4, -0.2) is 54.5 Å². The largest absolute Gasteiger partial charge is 0.346 e. The summed E-state index contributed by atoms with van der Waals surface area (Å²) in [6.45, 7) is 2.63. The van der Waals surface area contributed by atoms with Gasteiger partial charge in [-0.25, -0.2) is 9.97 Å². The minimum atomic E-state index is -0.135. The first kappa shape index (κ1) is 15.4. The number of hydrogen-bond acceptors (Lipinski definition) is 5. The molecule has 1 saturated heterocycles. The zero-order valence-electron chi connectivity index (χ0n) is 13.4. The monoisotopic (exact) mass is 311 g/mol. The molecule has 1 aliphatic rings. The molecule has 1 aromatic heterocycles. The predicted octanol–water partition coefficient (Wildman–Crippen LogP) is 1.33. The summed E-state index contributed by atoms with van der Waals surface area (Å²) in [5.74, 6) is 0.666. The van der Waals surface area contributed by atoms with Crippen molar-refractivity contribution in [2.75, 3.05) is 38.6 Å². The smallest absolute Gasteiger partial charge is 0.273 e. The third kappa shape index (κ3) is 3.32. The molecule has 1 aliphatic heterocycles. The predicted molar refractivity (Wildman–Crippen MR) is 89.4 cm³/mol. The average molecular weight is 311 g/mol. The lowest BCUT2D eigenvalue weighted by atomic mass is 10.0. The van der Waals surface area contributed by atoms with Crippen LogP contribution in [0.1, 0.15) is 22.1 Å². The number of amides is 1. The lowest BCUT2D eigenvalue weighted by Gasteiger charge is -2.37. The van der Waals surface area contributed by atoms with E-state index in [1.54, 1.807) is 26.5 Å². The summed E-state index contributed by atoms with van der Waals surface area (Å²) in [6, 6.07) is 10.6. The molecule has 1 atom stereocenters. The Morgan fingerprint density at radius 3 is 2.65 bits per heavy atom. The highest BCUT2D eigenvalue weighted by Crippen LogP contribution is 2.26. The van der Waals surface area contributed by atoms with Crippen molar-refractivity contribution in [3.8, 4) is 0 Å². The van der Waals surface area contributed by atoms with E-state index >= 15 is 0 Å². The Morgan fingerprint density at radius 1 is 1.22 bits per heavy atom. The van der Waals surface area contributed by atoms with Crippen molar-refractivity contribution in [2.24, 2.45) is 0 Å². The third-order valence-electron chi connectivity index (χ3n) is 3.99. The van der Waals surface area contributed by atoms with Crippen LogP contribution < -0.4 is 10.2 Å². The molecule has 2 aromatic rings. The number of aromatic nitrogens is 2. The van der Waals surface area contributed by atoms with Crippen LogP contribution in [0.3, 0.4) is 0 Å². The van der Waals surface area contributed by atoms with Crippen molar-refractivity contribution in [1.29, 1.82) is 0 Å². The van der Waals surface area contributed by atoms with Crippen LogP contribution in [0, 0.1) is 0 Å². The van der Waals surface area contributed by atoms with Gasteiger partial charge in [0.1, 0.15) is 11.5 Å². The number of hydrogen-bond donors (Lipinski definition) is 1. The van der Waals surface area contributed by atoms with Gasteiger partial charge in [0.05, 0.1) is 18.4 Å². The van der Waals surface area contributed by atoms with Gasteiger partial charge >= 0.3 is 0 Å². The molecule has 3 rings (SSSR count). The Hall–Kier alpha value is -2.47. The second kappa shape index (κ2) is 6.75. The van der Waals surface area contributed by atoms with Gasteiger partial charge in [-0.3, -0.25) is 4.79 Å². The van der Waals surface area contributed by atoms with Gasteiger partial charge in [0.15, 0.2) is 0 Å². The molecule has 2 heterocycles. The lowest BCUT2D eigenvalue weighted by Crippen LogP contribution is -2.46. The van der Waals surface area contributed by atoms with Crippen LogP contribution in [0.15, 0.2) is 42.7 Å². The number of piperazine rings is 1. The maximum Gasteiger partial charge on any atom is 0.273 e. The zero-order chi connectivity index (χ0) is 16.2. The van der Waals surface area contributed by atoms with Gasteiger partial charge in [0, 0.05) is 33.7 Å².